The van der Waals surface area contributed by atoms with Crippen LogP contribution in [0.15, 0.2) is 35.3 Å². The highest BCUT2D eigenvalue weighted by Crippen LogP contribution is 2.49. The monoisotopic (exact) mass is 549 g/mol. The molecule has 2 aliphatic heterocycles. The summed E-state index contributed by atoms with van der Waals surface area (Å²) in [5, 5.41) is 23.0. The third-order valence-corrected chi connectivity index (χ3v) is 9.46. The number of fused-ring (bicyclic) bond motifs is 1. The first-order chi connectivity index (χ1) is 17.5. The number of carboxylic acids is 1. The minimum absolute atomic E-state index is 0.00279. The molecule has 14 nitrogen and oxygen atoms in total. The van der Waals surface area contributed by atoms with Crippen molar-refractivity contribution in [2.24, 2.45) is 5.73 Å². The van der Waals surface area contributed by atoms with E-state index in [1.165, 1.54) is 23.6 Å². The molecule has 4 heterocycles. The van der Waals surface area contributed by atoms with Crippen molar-refractivity contribution in [2.75, 3.05) is 18.5 Å². The number of hydrogen-bond donors (Lipinski definition) is 5. The van der Waals surface area contributed by atoms with E-state index in [0.717, 1.165) is 11.8 Å². The lowest BCUT2D eigenvalue weighted by atomic mass is 9.94. The van der Waals surface area contributed by atoms with Crippen molar-refractivity contribution in [1.82, 2.24) is 20.2 Å². The van der Waals surface area contributed by atoms with E-state index < -0.39 is 50.6 Å². The number of carbonyl (C=O) groups excluding carboxylic acids is 2. The Labute approximate surface area is 215 Å². The van der Waals surface area contributed by atoms with Crippen LogP contribution >= 0.6 is 11.3 Å². The predicted molar refractivity (Wildman–Crippen MR) is 132 cm³/mol. The molecule has 2 fully saturated rings. The molecule has 0 spiro atoms. The number of amides is 2. The van der Waals surface area contributed by atoms with E-state index in [1.807, 2.05) is 0 Å². The fourth-order valence-corrected chi connectivity index (χ4v) is 7.08. The van der Waals surface area contributed by atoms with Crippen LogP contribution in [0.2, 0.25) is 0 Å². The number of anilines is 1. The summed E-state index contributed by atoms with van der Waals surface area (Å²) >= 11 is 1.19. The van der Waals surface area contributed by atoms with E-state index in [2.05, 4.69) is 20.6 Å². The Morgan fingerprint density at radius 3 is 2.81 bits per heavy atom. The number of alkyl carbamates (subject to hydrolysis) is 1. The number of nitrogens with zero attached hydrogens (tertiary/aromatic N) is 3. The summed E-state index contributed by atoms with van der Waals surface area (Å²) in [5.74, 6) is -2.21. The third-order valence-electron chi connectivity index (χ3n) is 5.94. The summed E-state index contributed by atoms with van der Waals surface area (Å²) in [4.78, 5) is 46.2. The smallest absolute Gasteiger partial charge is 0.407 e. The van der Waals surface area contributed by atoms with Gasteiger partial charge in [0.1, 0.15) is 17.2 Å². The van der Waals surface area contributed by atoms with Crippen LogP contribution in [0.5, 0.6) is 0 Å². The van der Waals surface area contributed by atoms with Crippen LogP contribution < -0.4 is 16.4 Å². The van der Waals surface area contributed by atoms with Crippen LogP contribution in [0.3, 0.4) is 0 Å². The van der Waals surface area contributed by atoms with Crippen molar-refractivity contribution < 1.29 is 32.6 Å². The topological polar surface area (TPSA) is 218 Å². The number of thiazole rings is 1. The number of amidine groups is 1. The molecule has 196 valence electrons. The number of carboxylic acid groups (broad SMARTS) is 1. The van der Waals surface area contributed by atoms with Crippen molar-refractivity contribution in [3.8, 4) is 0 Å². The molecule has 2 aromatic rings. The molecule has 2 aromatic heterocycles. The quantitative estimate of drug-likeness (QED) is 0.128. The van der Waals surface area contributed by atoms with Gasteiger partial charge in [-0.15, -0.1) is 11.3 Å². The van der Waals surface area contributed by atoms with Crippen LogP contribution in [0.1, 0.15) is 18.3 Å². The highest BCUT2D eigenvalue weighted by molar-refractivity contribution is 7.94. The molecule has 0 aliphatic carbocycles. The zero-order chi connectivity index (χ0) is 27.0. The Balaban J connectivity index is 1.46. The van der Waals surface area contributed by atoms with E-state index in [9.17, 15) is 27.9 Å². The van der Waals surface area contributed by atoms with Crippen molar-refractivity contribution in [1.29, 1.82) is 5.41 Å². The Morgan fingerprint density at radius 2 is 2.16 bits per heavy atom. The number of nitrogens with one attached hydrogen (secondary N) is 3. The lowest BCUT2D eigenvalue weighted by Gasteiger charge is -2.37. The van der Waals surface area contributed by atoms with Gasteiger partial charge in [0, 0.05) is 11.6 Å². The maximum absolute atomic E-state index is 13.5. The number of β-lactam (4-membered cyclic amide) rings is 1. The fraction of sp³-hybridized carbons (Fsp3) is 0.333. The highest BCUT2D eigenvalue weighted by atomic mass is 32.2. The normalized spacial score (nSPS) is 24.8. The second-order valence-corrected chi connectivity index (χ2v) is 11.7. The Morgan fingerprint density at radius 1 is 1.41 bits per heavy atom. The number of carbonyl (C=O) groups is 3. The average Bonchev–Trinajstić information content (AvgIpc) is 3.37. The van der Waals surface area contributed by atoms with Crippen LogP contribution in [0.4, 0.5) is 9.93 Å². The number of aromatic nitrogens is 2. The molecule has 0 radical (unpaired) electrons. The summed E-state index contributed by atoms with van der Waals surface area (Å²) in [5.41, 5.74) is 6.03. The number of pyridine rings is 1. The van der Waals surface area contributed by atoms with E-state index in [4.69, 9.17) is 15.9 Å². The summed E-state index contributed by atoms with van der Waals surface area (Å²) < 4.78 is 30.0. The summed E-state index contributed by atoms with van der Waals surface area (Å²) in [7, 11) is -4.32. The molecule has 16 heteroatoms. The molecule has 2 amide bonds. The minimum atomic E-state index is -4.32. The van der Waals surface area contributed by atoms with Crippen molar-refractivity contribution in [3.63, 3.8) is 0 Å². The second kappa shape index (κ2) is 9.87. The largest absolute Gasteiger partial charge is 0.480 e. The Bertz CT molecular complexity index is 1390. The summed E-state index contributed by atoms with van der Waals surface area (Å²) in [6.45, 7) is 0.280. The molecule has 0 bridgehead atoms. The Hall–Kier alpha value is -3.89. The van der Waals surface area contributed by atoms with E-state index in [-0.39, 0.29) is 24.5 Å². The standard InChI is InChI=1S/C21H23N7O7S2/c1-21(10-35-20(32)25-8-12-9-36-19(26-12)27-14(23)7-22)15(18(30)31)28-16(29)13(17(28)37(21,33)34)6-11-4-2-3-5-24-11/h2-6,9,15,17H,7-8,10,22H2,1H3,(H,25,32)(H,30,31)(H2,23,26,27)/b13-6-/t15-,17+,21-/m0/s1. The van der Waals surface area contributed by atoms with Crippen LogP contribution in [0.25, 0.3) is 6.08 Å². The zero-order valence-electron chi connectivity index (χ0n) is 19.4. The van der Waals surface area contributed by atoms with Crippen molar-refractivity contribution >= 4 is 56.2 Å². The molecule has 6 N–H and O–H groups in total. The SMILES string of the molecule is C[C@]1(COC(=O)NCc2csc(NC(=N)CN)n2)[C@H](C(=O)O)N2C(=O)/C(=C/c3ccccn3)[C@H]2S1(=O)=O. The van der Waals surface area contributed by atoms with Crippen molar-refractivity contribution in [2.45, 2.75) is 29.6 Å². The number of hydrogen-bond acceptors (Lipinski definition) is 11. The summed E-state index contributed by atoms with van der Waals surface area (Å²) in [6.07, 6.45) is 1.79. The van der Waals surface area contributed by atoms with Crippen LogP contribution in [0, 0.1) is 5.41 Å². The van der Waals surface area contributed by atoms with Gasteiger partial charge in [-0.3, -0.25) is 15.2 Å². The molecular weight excluding hydrogens is 526 g/mol. The lowest BCUT2D eigenvalue weighted by molar-refractivity contribution is -0.153. The fourth-order valence-electron chi connectivity index (χ4n) is 4.06. The molecule has 0 aromatic carbocycles. The van der Waals surface area contributed by atoms with Gasteiger partial charge in [0.05, 0.1) is 30.1 Å². The molecule has 2 aliphatic rings. The molecular formula is C21H23N7O7S2. The first kappa shape index (κ1) is 26.2. The zero-order valence-corrected chi connectivity index (χ0v) is 21.0. The number of sulfone groups is 1. The van der Waals surface area contributed by atoms with Crippen molar-refractivity contribution in [3.05, 3.63) is 46.7 Å². The van der Waals surface area contributed by atoms with E-state index >= 15 is 0 Å². The molecule has 4 rings (SSSR count). The first-order valence-electron chi connectivity index (χ1n) is 10.8. The van der Waals surface area contributed by atoms with Gasteiger partial charge in [0.25, 0.3) is 5.91 Å². The maximum atomic E-state index is 13.5. The molecule has 3 atom stereocenters. The average molecular weight is 550 g/mol. The second-order valence-electron chi connectivity index (χ2n) is 8.40. The van der Waals surface area contributed by atoms with Gasteiger partial charge in [-0.1, -0.05) is 6.07 Å². The number of nitrogens with two attached hydrogens (primary N) is 1. The number of rotatable bonds is 8. The lowest BCUT2D eigenvalue weighted by Crippen LogP contribution is -2.59. The molecule has 2 saturated heterocycles. The number of ether oxygens (including phenoxy) is 1. The molecule has 37 heavy (non-hydrogen) atoms. The molecule has 0 unspecified atom stereocenters. The van der Waals surface area contributed by atoms with Gasteiger partial charge in [0.15, 0.2) is 26.4 Å². The summed E-state index contributed by atoms with van der Waals surface area (Å²) in [6, 6.07) is 3.14. The first-order valence-corrected chi connectivity index (χ1v) is 13.2. The Kier molecular flexibility index (Phi) is 6.98. The van der Waals surface area contributed by atoms with Crippen LogP contribution in [-0.4, -0.2) is 81.5 Å². The maximum Gasteiger partial charge on any atom is 0.407 e. The highest BCUT2D eigenvalue weighted by Gasteiger charge is 2.72. The van der Waals surface area contributed by atoms with Crippen LogP contribution in [-0.2, 0) is 30.7 Å². The van der Waals surface area contributed by atoms with E-state index in [1.54, 1.807) is 23.6 Å². The van der Waals surface area contributed by atoms with Gasteiger partial charge < -0.3 is 31.1 Å². The van der Waals surface area contributed by atoms with E-state index in [0.29, 0.717) is 16.5 Å². The van der Waals surface area contributed by atoms with Gasteiger partial charge in [-0.2, -0.15) is 0 Å². The van der Waals surface area contributed by atoms with Gasteiger partial charge in [0.2, 0.25) is 0 Å². The predicted octanol–water partition coefficient (Wildman–Crippen LogP) is 0.00437. The van der Waals surface area contributed by atoms with Gasteiger partial charge in [-0.05, 0) is 25.1 Å². The van der Waals surface area contributed by atoms with Gasteiger partial charge >= 0.3 is 12.1 Å². The third kappa shape index (κ3) is 4.65. The number of aliphatic carboxylic acids is 1. The minimum Gasteiger partial charge on any atom is -0.480 e. The van der Waals surface area contributed by atoms with Gasteiger partial charge in [-0.25, -0.2) is 23.0 Å². The molecule has 0 saturated carbocycles.